The molecule has 1 aliphatic carbocycles. The Hall–Kier alpha value is -1.04. The minimum atomic E-state index is -1.43. The number of nitrogens with zero attached hydrogens (tertiary/aromatic N) is 1. The molecule has 2 rings (SSSR count). The third kappa shape index (κ3) is 3.54. The molecule has 2 N–H and O–H groups in total. The van der Waals surface area contributed by atoms with Crippen LogP contribution in [-0.2, 0) is 6.54 Å². The van der Waals surface area contributed by atoms with Crippen molar-refractivity contribution in [3.63, 3.8) is 0 Å². The van der Waals surface area contributed by atoms with Gasteiger partial charge >= 0.3 is 7.12 Å². The standard InChI is InChI=1S/C15H24BNO3/c1-3-17(14-6-4-5-7-14)11-12-10-13(16(18)19)8-9-15(12)20-2/h8-10,14,18-19H,3-7,11H2,1-2H3. The lowest BCUT2D eigenvalue weighted by atomic mass is 9.79. The number of rotatable bonds is 6. The lowest BCUT2D eigenvalue weighted by Gasteiger charge is -2.28. The summed E-state index contributed by atoms with van der Waals surface area (Å²) in [5.41, 5.74) is 1.54. The summed E-state index contributed by atoms with van der Waals surface area (Å²) in [5, 5.41) is 18.6. The van der Waals surface area contributed by atoms with Gasteiger partial charge in [-0.3, -0.25) is 4.90 Å². The molecule has 0 aromatic heterocycles. The highest BCUT2D eigenvalue weighted by molar-refractivity contribution is 6.58. The maximum absolute atomic E-state index is 9.32. The SMILES string of the molecule is CCN(Cc1cc(B(O)O)ccc1OC)C1CCCC1. The van der Waals surface area contributed by atoms with Crippen LogP contribution < -0.4 is 10.2 Å². The highest BCUT2D eigenvalue weighted by Gasteiger charge is 2.23. The van der Waals surface area contributed by atoms with E-state index in [1.54, 1.807) is 13.2 Å². The lowest BCUT2D eigenvalue weighted by Crippen LogP contribution is -2.34. The molecule has 0 amide bonds. The van der Waals surface area contributed by atoms with Crippen LogP contribution in [0.4, 0.5) is 0 Å². The number of hydrogen-bond acceptors (Lipinski definition) is 4. The van der Waals surface area contributed by atoms with E-state index in [2.05, 4.69) is 11.8 Å². The van der Waals surface area contributed by atoms with Crippen LogP contribution in [0.5, 0.6) is 5.75 Å². The first-order chi connectivity index (χ1) is 9.65. The van der Waals surface area contributed by atoms with Crippen molar-refractivity contribution in [1.82, 2.24) is 4.90 Å². The third-order valence-electron chi connectivity index (χ3n) is 4.22. The van der Waals surface area contributed by atoms with E-state index in [9.17, 15) is 10.0 Å². The number of methoxy groups -OCH3 is 1. The van der Waals surface area contributed by atoms with E-state index in [4.69, 9.17) is 4.74 Å². The van der Waals surface area contributed by atoms with Crippen molar-refractivity contribution in [1.29, 1.82) is 0 Å². The molecule has 1 aliphatic rings. The Kier molecular flexibility index (Phi) is 5.46. The average molecular weight is 277 g/mol. The molecule has 0 spiro atoms. The van der Waals surface area contributed by atoms with E-state index < -0.39 is 7.12 Å². The molecule has 1 aromatic rings. The van der Waals surface area contributed by atoms with E-state index in [0.29, 0.717) is 11.5 Å². The fraction of sp³-hybridized carbons (Fsp3) is 0.600. The van der Waals surface area contributed by atoms with Crippen molar-refractivity contribution < 1.29 is 14.8 Å². The molecule has 0 unspecified atom stereocenters. The van der Waals surface area contributed by atoms with Crippen LogP contribution in [0, 0.1) is 0 Å². The van der Waals surface area contributed by atoms with Gasteiger partial charge in [-0.1, -0.05) is 31.9 Å². The summed E-state index contributed by atoms with van der Waals surface area (Å²) in [4.78, 5) is 2.46. The largest absolute Gasteiger partial charge is 0.496 e. The fourth-order valence-corrected chi connectivity index (χ4v) is 3.07. The minimum Gasteiger partial charge on any atom is -0.496 e. The summed E-state index contributed by atoms with van der Waals surface area (Å²) < 4.78 is 5.40. The predicted octanol–water partition coefficient (Wildman–Crippen LogP) is 1.14. The van der Waals surface area contributed by atoms with Crippen molar-refractivity contribution in [2.24, 2.45) is 0 Å². The average Bonchev–Trinajstić information content (AvgIpc) is 2.98. The molecule has 1 aromatic carbocycles. The molecular formula is C15H24BNO3. The third-order valence-corrected chi connectivity index (χ3v) is 4.22. The summed E-state index contributed by atoms with van der Waals surface area (Å²) >= 11 is 0. The molecule has 1 fully saturated rings. The zero-order valence-corrected chi connectivity index (χ0v) is 12.4. The van der Waals surface area contributed by atoms with Gasteiger partial charge in [0.15, 0.2) is 0 Å². The zero-order valence-electron chi connectivity index (χ0n) is 12.4. The normalized spacial score (nSPS) is 15.8. The molecule has 0 atom stereocenters. The highest BCUT2D eigenvalue weighted by atomic mass is 16.5. The van der Waals surface area contributed by atoms with Crippen molar-refractivity contribution in [2.45, 2.75) is 45.2 Å². The number of benzene rings is 1. The van der Waals surface area contributed by atoms with E-state index in [0.717, 1.165) is 24.4 Å². The molecule has 0 aliphatic heterocycles. The zero-order chi connectivity index (χ0) is 14.5. The predicted molar refractivity (Wildman–Crippen MR) is 81.2 cm³/mol. The van der Waals surface area contributed by atoms with Crippen molar-refractivity contribution in [3.8, 4) is 5.75 Å². The molecule has 1 saturated carbocycles. The van der Waals surface area contributed by atoms with Crippen LogP contribution in [0.3, 0.4) is 0 Å². The molecule has 4 nitrogen and oxygen atoms in total. The van der Waals surface area contributed by atoms with Crippen LogP contribution in [0.2, 0.25) is 0 Å². The van der Waals surface area contributed by atoms with Gasteiger partial charge in [0.25, 0.3) is 0 Å². The van der Waals surface area contributed by atoms with Crippen molar-refractivity contribution >= 4 is 12.6 Å². The number of hydrogen-bond donors (Lipinski definition) is 2. The molecule has 110 valence electrons. The van der Waals surface area contributed by atoms with Gasteiger partial charge in [0.05, 0.1) is 7.11 Å². The smallest absolute Gasteiger partial charge is 0.488 e. The Morgan fingerprint density at radius 1 is 1.30 bits per heavy atom. The molecular weight excluding hydrogens is 253 g/mol. The van der Waals surface area contributed by atoms with Crippen LogP contribution in [-0.4, -0.2) is 41.8 Å². The molecule has 0 radical (unpaired) electrons. The summed E-state index contributed by atoms with van der Waals surface area (Å²) in [6, 6.07) is 5.99. The Morgan fingerprint density at radius 2 is 2.00 bits per heavy atom. The monoisotopic (exact) mass is 277 g/mol. The van der Waals surface area contributed by atoms with Gasteiger partial charge in [0, 0.05) is 18.2 Å². The summed E-state index contributed by atoms with van der Waals surface area (Å²) in [6.07, 6.45) is 5.15. The molecule has 0 heterocycles. The second-order valence-corrected chi connectivity index (χ2v) is 5.45. The van der Waals surface area contributed by atoms with Gasteiger partial charge in [0.1, 0.15) is 5.75 Å². The van der Waals surface area contributed by atoms with E-state index in [-0.39, 0.29) is 0 Å². The van der Waals surface area contributed by atoms with Crippen LogP contribution in [0.15, 0.2) is 18.2 Å². The Labute approximate surface area is 121 Å². The quantitative estimate of drug-likeness (QED) is 0.766. The molecule has 0 bridgehead atoms. The highest BCUT2D eigenvalue weighted by Crippen LogP contribution is 2.26. The Balaban J connectivity index is 2.18. The van der Waals surface area contributed by atoms with E-state index >= 15 is 0 Å². The Bertz CT molecular complexity index is 433. The molecule has 20 heavy (non-hydrogen) atoms. The van der Waals surface area contributed by atoms with E-state index in [1.165, 1.54) is 25.7 Å². The van der Waals surface area contributed by atoms with Gasteiger partial charge < -0.3 is 14.8 Å². The fourth-order valence-electron chi connectivity index (χ4n) is 3.07. The first kappa shape index (κ1) is 15.4. The van der Waals surface area contributed by atoms with Gasteiger partial charge in [-0.05, 0) is 30.9 Å². The molecule has 5 heteroatoms. The summed E-state index contributed by atoms with van der Waals surface area (Å²) in [7, 11) is 0.223. The van der Waals surface area contributed by atoms with Gasteiger partial charge in [-0.15, -0.1) is 0 Å². The van der Waals surface area contributed by atoms with Gasteiger partial charge in [-0.2, -0.15) is 0 Å². The van der Waals surface area contributed by atoms with Crippen LogP contribution >= 0.6 is 0 Å². The molecule has 0 saturated heterocycles. The second-order valence-electron chi connectivity index (χ2n) is 5.45. The maximum atomic E-state index is 9.32. The summed E-state index contributed by atoms with van der Waals surface area (Å²) in [5.74, 6) is 0.811. The van der Waals surface area contributed by atoms with Gasteiger partial charge in [0.2, 0.25) is 0 Å². The van der Waals surface area contributed by atoms with Crippen molar-refractivity contribution in [3.05, 3.63) is 23.8 Å². The van der Waals surface area contributed by atoms with Crippen LogP contribution in [0.1, 0.15) is 38.2 Å². The minimum absolute atomic E-state index is 0.517. The Morgan fingerprint density at radius 3 is 2.55 bits per heavy atom. The maximum Gasteiger partial charge on any atom is 0.488 e. The summed E-state index contributed by atoms with van der Waals surface area (Å²) in [6.45, 7) is 3.97. The first-order valence-electron chi connectivity index (χ1n) is 7.42. The lowest BCUT2D eigenvalue weighted by molar-refractivity contribution is 0.198. The number of ether oxygens (including phenoxy) is 1. The topological polar surface area (TPSA) is 52.9 Å². The van der Waals surface area contributed by atoms with Crippen LogP contribution in [0.25, 0.3) is 0 Å². The van der Waals surface area contributed by atoms with Gasteiger partial charge in [-0.25, -0.2) is 0 Å². The first-order valence-corrected chi connectivity index (χ1v) is 7.42. The second kappa shape index (κ2) is 7.11. The van der Waals surface area contributed by atoms with Crippen molar-refractivity contribution in [2.75, 3.05) is 13.7 Å². The van der Waals surface area contributed by atoms with E-state index in [1.807, 2.05) is 12.1 Å².